The molecule has 2 N–H and O–H groups in total. The number of halogens is 2. The van der Waals surface area contributed by atoms with Gasteiger partial charge in [-0.1, -0.05) is 24.3 Å². The highest BCUT2D eigenvalue weighted by Crippen LogP contribution is 2.37. The third-order valence-corrected chi connectivity index (χ3v) is 7.49. The minimum absolute atomic E-state index is 0.115. The molecule has 194 valence electrons. The fraction of sp³-hybridized carbons (Fsp3) is 0.345. The summed E-state index contributed by atoms with van der Waals surface area (Å²) in [5.74, 6) is -0.599. The predicted molar refractivity (Wildman–Crippen MR) is 139 cm³/mol. The maximum Gasteiger partial charge on any atom is 0.253 e. The Balaban J connectivity index is 1.24. The number of piperazine rings is 1. The predicted octanol–water partition coefficient (Wildman–Crippen LogP) is 3.90. The van der Waals surface area contributed by atoms with E-state index >= 15 is 0 Å². The Morgan fingerprint density at radius 1 is 0.838 bits per heavy atom. The van der Waals surface area contributed by atoms with E-state index in [-0.39, 0.29) is 29.5 Å². The zero-order chi connectivity index (χ0) is 26.0. The van der Waals surface area contributed by atoms with Gasteiger partial charge in [0, 0.05) is 38.4 Å². The minimum Gasteiger partial charge on any atom is -0.508 e. The molecule has 1 unspecified atom stereocenters. The number of phenolic OH excluding ortho intramolecular Hbond substituents is 1. The molecule has 0 aromatic heterocycles. The van der Waals surface area contributed by atoms with Crippen molar-refractivity contribution in [3.63, 3.8) is 0 Å². The van der Waals surface area contributed by atoms with E-state index in [1.54, 1.807) is 36.4 Å². The van der Waals surface area contributed by atoms with Crippen LogP contribution in [0.25, 0.3) is 0 Å². The van der Waals surface area contributed by atoms with E-state index in [1.807, 2.05) is 24.0 Å². The molecule has 3 aromatic rings. The van der Waals surface area contributed by atoms with Crippen LogP contribution in [-0.2, 0) is 10.3 Å². The summed E-state index contributed by atoms with van der Waals surface area (Å²) in [6.07, 6.45) is 0.578. The van der Waals surface area contributed by atoms with E-state index in [0.717, 1.165) is 44.8 Å². The number of hydrogen-bond donors (Lipinski definition) is 2. The summed E-state index contributed by atoms with van der Waals surface area (Å²) in [5.41, 5.74) is 1.17. The van der Waals surface area contributed by atoms with E-state index in [9.17, 15) is 18.7 Å². The quantitative estimate of drug-likeness (QED) is 0.509. The molecule has 1 amide bonds. The summed E-state index contributed by atoms with van der Waals surface area (Å²) >= 11 is 0. The fourth-order valence-corrected chi connectivity index (χ4v) is 5.48. The zero-order valence-corrected chi connectivity index (χ0v) is 20.9. The second-order valence-electron chi connectivity index (χ2n) is 9.78. The van der Waals surface area contributed by atoms with Gasteiger partial charge in [0.15, 0.2) is 5.54 Å². The van der Waals surface area contributed by atoms with Gasteiger partial charge in [-0.3, -0.25) is 15.0 Å². The van der Waals surface area contributed by atoms with Crippen LogP contribution in [0, 0.1) is 11.6 Å². The molecule has 8 heteroatoms. The number of amides is 1. The van der Waals surface area contributed by atoms with Crippen LogP contribution in [0.1, 0.15) is 24.5 Å². The first kappa shape index (κ1) is 25.2. The summed E-state index contributed by atoms with van der Waals surface area (Å²) in [4.78, 5) is 20.5. The number of carbonyl (C=O) groups excluding carboxylic acids is 1. The van der Waals surface area contributed by atoms with Gasteiger partial charge in [0.2, 0.25) is 0 Å². The van der Waals surface area contributed by atoms with E-state index in [0.29, 0.717) is 17.7 Å². The molecule has 2 aliphatic rings. The number of nitrogens with one attached hydrogen (secondary N) is 1. The lowest BCUT2D eigenvalue weighted by Gasteiger charge is -2.36. The van der Waals surface area contributed by atoms with E-state index < -0.39 is 5.54 Å². The van der Waals surface area contributed by atoms with Crippen LogP contribution >= 0.6 is 0 Å². The lowest BCUT2D eigenvalue weighted by molar-refractivity contribution is -0.132. The molecule has 2 aliphatic heterocycles. The van der Waals surface area contributed by atoms with Crippen molar-refractivity contribution < 1.29 is 18.7 Å². The van der Waals surface area contributed by atoms with Gasteiger partial charge in [0.25, 0.3) is 5.91 Å². The van der Waals surface area contributed by atoms with Crippen molar-refractivity contribution >= 4 is 11.6 Å². The molecular weight excluding hydrogens is 474 g/mol. The van der Waals surface area contributed by atoms with Crippen LogP contribution in [-0.4, -0.2) is 66.2 Å². The number of aromatic hydroxyl groups is 1. The molecule has 6 nitrogen and oxygen atoms in total. The first-order valence-corrected chi connectivity index (χ1v) is 12.7. The average molecular weight is 507 g/mol. The molecule has 1 atom stereocenters. The molecule has 0 aliphatic carbocycles. The number of hydrogen-bond acceptors (Lipinski definition) is 5. The van der Waals surface area contributed by atoms with Gasteiger partial charge in [-0.05, 0) is 79.5 Å². The Morgan fingerprint density at radius 3 is 1.92 bits per heavy atom. The lowest BCUT2D eigenvalue weighted by atomic mass is 9.82. The molecule has 5 rings (SSSR count). The molecule has 0 bridgehead atoms. The van der Waals surface area contributed by atoms with Crippen molar-refractivity contribution in [3.8, 4) is 5.75 Å². The van der Waals surface area contributed by atoms with Crippen molar-refractivity contribution in [3.05, 3.63) is 95.6 Å². The van der Waals surface area contributed by atoms with Crippen LogP contribution in [0.4, 0.5) is 14.5 Å². The van der Waals surface area contributed by atoms with E-state index in [2.05, 4.69) is 15.1 Å². The van der Waals surface area contributed by atoms with Crippen molar-refractivity contribution in [2.24, 2.45) is 0 Å². The Bertz CT molecular complexity index is 1160. The summed E-state index contributed by atoms with van der Waals surface area (Å²) in [6.45, 7) is 7.07. The molecule has 2 fully saturated rings. The number of carbonyl (C=O) groups is 1. The maximum absolute atomic E-state index is 14.0. The standard InChI is InChI=1S/C29H32F2N4O2/c1-21-32-29(22-3-7-24(30)8-4-22,23-5-9-25(31)10-6-23)28(37)35(21)16-2-15-33-17-19-34(20-18-33)26-11-13-27(36)14-12-26/h3-14,21,32,36H,2,15-20H2,1H3. The third kappa shape index (κ3) is 5.04. The van der Waals surface area contributed by atoms with E-state index in [1.165, 1.54) is 24.3 Å². The summed E-state index contributed by atoms with van der Waals surface area (Å²) in [6, 6.07) is 19.2. The van der Waals surface area contributed by atoms with Crippen LogP contribution in [0.5, 0.6) is 5.75 Å². The molecular formula is C29H32F2N4O2. The van der Waals surface area contributed by atoms with Crippen LogP contribution < -0.4 is 10.2 Å². The molecule has 0 spiro atoms. The SMILES string of the molecule is CC1NC(c2ccc(F)cc2)(c2ccc(F)cc2)C(=O)N1CCCN1CCN(c2ccc(O)cc2)CC1. The number of nitrogens with zero attached hydrogens (tertiary/aromatic N) is 3. The minimum atomic E-state index is -1.20. The number of phenols is 1. The van der Waals surface area contributed by atoms with Gasteiger partial charge >= 0.3 is 0 Å². The van der Waals surface area contributed by atoms with Gasteiger partial charge in [0.05, 0.1) is 6.17 Å². The van der Waals surface area contributed by atoms with Crippen molar-refractivity contribution in [2.75, 3.05) is 44.2 Å². The monoisotopic (exact) mass is 506 g/mol. The van der Waals surface area contributed by atoms with Crippen LogP contribution in [0.15, 0.2) is 72.8 Å². The molecule has 0 radical (unpaired) electrons. The van der Waals surface area contributed by atoms with Crippen LogP contribution in [0.3, 0.4) is 0 Å². The molecule has 37 heavy (non-hydrogen) atoms. The van der Waals surface area contributed by atoms with Crippen molar-refractivity contribution in [1.82, 2.24) is 15.1 Å². The maximum atomic E-state index is 14.0. The van der Waals surface area contributed by atoms with E-state index in [4.69, 9.17) is 0 Å². The Hall–Kier alpha value is -3.49. The second kappa shape index (κ2) is 10.5. The summed E-state index contributed by atoms with van der Waals surface area (Å²) < 4.78 is 27.4. The highest BCUT2D eigenvalue weighted by Gasteiger charge is 2.52. The Labute approximate surface area is 216 Å². The Kier molecular flexibility index (Phi) is 7.13. The molecule has 2 saturated heterocycles. The molecule has 2 heterocycles. The third-order valence-electron chi connectivity index (χ3n) is 7.49. The number of rotatable bonds is 7. The fourth-order valence-electron chi connectivity index (χ4n) is 5.48. The normalized spacial score (nSPS) is 20.0. The lowest BCUT2D eigenvalue weighted by Crippen LogP contribution is -2.47. The second-order valence-corrected chi connectivity index (χ2v) is 9.78. The molecule has 3 aromatic carbocycles. The number of benzene rings is 3. The van der Waals surface area contributed by atoms with Gasteiger partial charge in [-0.15, -0.1) is 0 Å². The molecule has 0 saturated carbocycles. The van der Waals surface area contributed by atoms with Gasteiger partial charge in [-0.25, -0.2) is 8.78 Å². The zero-order valence-electron chi connectivity index (χ0n) is 20.9. The highest BCUT2D eigenvalue weighted by atomic mass is 19.1. The van der Waals surface area contributed by atoms with Crippen molar-refractivity contribution in [1.29, 1.82) is 0 Å². The highest BCUT2D eigenvalue weighted by molar-refractivity contribution is 5.93. The summed E-state index contributed by atoms with van der Waals surface area (Å²) in [7, 11) is 0. The first-order chi connectivity index (χ1) is 17.9. The Morgan fingerprint density at radius 2 is 1.38 bits per heavy atom. The smallest absolute Gasteiger partial charge is 0.253 e. The van der Waals surface area contributed by atoms with Crippen molar-refractivity contribution in [2.45, 2.75) is 25.0 Å². The van der Waals surface area contributed by atoms with Gasteiger partial charge < -0.3 is 14.9 Å². The van der Waals surface area contributed by atoms with Gasteiger partial charge in [0.1, 0.15) is 17.4 Å². The average Bonchev–Trinajstić information content (AvgIpc) is 3.16. The van der Waals surface area contributed by atoms with Crippen LogP contribution in [0.2, 0.25) is 0 Å². The van der Waals surface area contributed by atoms with Gasteiger partial charge in [-0.2, -0.15) is 0 Å². The summed E-state index contributed by atoms with van der Waals surface area (Å²) in [5, 5.41) is 13.0. The topological polar surface area (TPSA) is 59.1 Å². The number of anilines is 1. The largest absolute Gasteiger partial charge is 0.508 e. The first-order valence-electron chi connectivity index (χ1n) is 12.7.